The minimum Gasteiger partial charge on any atom is -0.395 e. The third kappa shape index (κ3) is 3.66. The van der Waals surface area contributed by atoms with Gasteiger partial charge in [-0.3, -0.25) is 5.41 Å². The standard InChI is InChI=1S/C12H17F2N3O/c1-8-2-3-9(12(15)16)10(6-8)17(4-5-18)7-11(13)14/h2-3,6,11,18H,4-5,7H2,1H3,(H3,15,16). The molecule has 4 nitrogen and oxygen atoms in total. The number of aliphatic hydroxyl groups excluding tert-OH is 1. The van der Waals surface area contributed by atoms with Gasteiger partial charge in [0.1, 0.15) is 5.84 Å². The van der Waals surface area contributed by atoms with E-state index in [1.165, 1.54) is 4.90 Å². The van der Waals surface area contributed by atoms with Crippen molar-refractivity contribution in [2.24, 2.45) is 5.73 Å². The molecule has 0 radical (unpaired) electrons. The van der Waals surface area contributed by atoms with Crippen LogP contribution >= 0.6 is 0 Å². The lowest BCUT2D eigenvalue weighted by Gasteiger charge is -2.26. The molecule has 0 aromatic heterocycles. The Morgan fingerprint density at radius 2 is 2.17 bits per heavy atom. The van der Waals surface area contributed by atoms with Crippen molar-refractivity contribution in [1.82, 2.24) is 0 Å². The van der Waals surface area contributed by atoms with E-state index in [9.17, 15) is 8.78 Å². The van der Waals surface area contributed by atoms with Crippen LogP contribution < -0.4 is 10.6 Å². The zero-order valence-corrected chi connectivity index (χ0v) is 10.2. The number of aryl methyl sites for hydroxylation is 1. The first-order valence-corrected chi connectivity index (χ1v) is 5.54. The molecule has 0 heterocycles. The summed E-state index contributed by atoms with van der Waals surface area (Å²) in [4.78, 5) is 1.34. The third-order valence-corrected chi connectivity index (χ3v) is 2.51. The van der Waals surface area contributed by atoms with Gasteiger partial charge in [0.25, 0.3) is 6.43 Å². The first-order chi connectivity index (χ1) is 8.45. The van der Waals surface area contributed by atoms with E-state index in [0.717, 1.165) is 5.56 Å². The fourth-order valence-corrected chi connectivity index (χ4v) is 1.73. The number of hydrogen-bond donors (Lipinski definition) is 3. The van der Waals surface area contributed by atoms with E-state index in [2.05, 4.69) is 0 Å². The predicted octanol–water partition coefficient (Wildman–Crippen LogP) is 1.34. The lowest BCUT2D eigenvalue weighted by atomic mass is 10.1. The molecule has 0 atom stereocenters. The summed E-state index contributed by atoms with van der Waals surface area (Å²) < 4.78 is 25.0. The molecule has 0 bridgehead atoms. The number of anilines is 1. The normalized spacial score (nSPS) is 10.7. The van der Waals surface area contributed by atoms with Crippen LogP contribution in [0, 0.1) is 12.3 Å². The maximum Gasteiger partial charge on any atom is 0.255 e. The van der Waals surface area contributed by atoms with Gasteiger partial charge in [-0.2, -0.15) is 0 Å². The second kappa shape index (κ2) is 6.30. The van der Waals surface area contributed by atoms with Gasteiger partial charge in [0.2, 0.25) is 0 Å². The summed E-state index contributed by atoms with van der Waals surface area (Å²) >= 11 is 0. The van der Waals surface area contributed by atoms with Gasteiger partial charge in [0.05, 0.1) is 13.2 Å². The first kappa shape index (κ1) is 14.4. The summed E-state index contributed by atoms with van der Waals surface area (Å²) in [6.45, 7) is 1.17. The van der Waals surface area contributed by atoms with Gasteiger partial charge >= 0.3 is 0 Å². The second-order valence-corrected chi connectivity index (χ2v) is 3.99. The molecule has 0 fully saturated rings. The Hall–Kier alpha value is -1.69. The first-order valence-electron chi connectivity index (χ1n) is 5.54. The highest BCUT2D eigenvalue weighted by atomic mass is 19.3. The number of nitrogens with one attached hydrogen (secondary N) is 1. The van der Waals surface area contributed by atoms with Crippen LogP contribution in [0.2, 0.25) is 0 Å². The second-order valence-electron chi connectivity index (χ2n) is 3.99. The van der Waals surface area contributed by atoms with E-state index in [4.69, 9.17) is 16.2 Å². The quantitative estimate of drug-likeness (QED) is 0.532. The molecule has 6 heteroatoms. The molecule has 0 aliphatic rings. The molecule has 18 heavy (non-hydrogen) atoms. The van der Waals surface area contributed by atoms with Gasteiger partial charge in [0.15, 0.2) is 0 Å². The molecular weight excluding hydrogens is 240 g/mol. The van der Waals surface area contributed by atoms with Crippen LogP contribution in [0.4, 0.5) is 14.5 Å². The number of rotatable bonds is 6. The van der Waals surface area contributed by atoms with E-state index >= 15 is 0 Å². The molecule has 4 N–H and O–H groups in total. The van der Waals surface area contributed by atoms with Crippen LogP contribution in [-0.2, 0) is 0 Å². The number of nitrogens with two attached hydrogens (primary N) is 1. The monoisotopic (exact) mass is 257 g/mol. The van der Waals surface area contributed by atoms with Crippen LogP contribution in [0.15, 0.2) is 18.2 Å². The van der Waals surface area contributed by atoms with E-state index in [-0.39, 0.29) is 19.0 Å². The zero-order valence-electron chi connectivity index (χ0n) is 10.2. The maximum absolute atomic E-state index is 12.5. The average molecular weight is 257 g/mol. The van der Waals surface area contributed by atoms with Crippen molar-refractivity contribution < 1.29 is 13.9 Å². The largest absolute Gasteiger partial charge is 0.395 e. The van der Waals surface area contributed by atoms with Gasteiger partial charge in [-0.25, -0.2) is 8.78 Å². The SMILES string of the molecule is Cc1ccc(C(=N)N)c(N(CCO)CC(F)F)c1. The molecular formula is C12H17F2N3O. The number of benzene rings is 1. The zero-order chi connectivity index (χ0) is 13.7. The highest BCUT2D eigenvalue weighted by Crippen LogP contribution is 2.22. The molecule has 0 spiro atoms. The molecule has 1 aromatic carbocycles. The Bertz CT molecular complexity index is 424. The van der Waals surface area contributed by atoms with Crippen molar-refractivity contribution in [2.75, 3.05) is 24.6 Å². The summed E-state index contributed by atoms with van der Waals surface area (Å²) in [5.74, 6) is -0.179. The van der Waals surface area contributed by atoms with Crippen molar-refractivity contribution in [3.8, 4) is 0 Å². The third-order valence-electron chi connectivity index (χ3n) is 2.51. The van der Waals surface area contributed by atoms with Gasteiger partial charge < -0.3 is 15.7 Å². The molecule has 0 saturated heterocycles. The summed E-state index contributed by atoms with van der Waals surface area (Å²) in [6, 6.07) is 5.08. The molecule has 100 valence electrons. The summed E-state index contributed by atoms with van der Waals surface area (Å²) in [5.41, 5.74) is 7.17. The number of halogens is 2. The van der Waals surface area contributed by atoms with Crippen LogP contribution in [0.1, 0.15) is 11.1 Å². The topological polar surface area (TPSA) is 73.3 Å². The maximum atomic E-state index is 12.5. The number of alkyl halides is 2. The van der Waals surface area contributed by atoms with Crippen molar-refractivity contribution in [3.05, 3.63) is 29.3 Å². The van der Waals surface area contributed by atoms with E-state index in [0.29, 0.717) is 11.3 Å². The Morgan fingerprint density at radius 1 is 1.50 bits per heavy atom. The summed E-state index contributed by atoms with van der Waals surface area (Å²) in [6.07, 6.45) is -2.52. The van der Waals surface area contributed by atoms with Gasteiger partial charge in [-0.05, 0) is 24.6 Å². The minimum atomic E-state index is -2.52. The Morgan fingerprint density at radius 3 is 2.67 bits per heavy atom. The number of aliphatic hydroxyl groups is 1. The smallest absolute Gasteiger partial charge is 0.255 e. The summed E-state index contributed by atoms with van der Waals surface area (Å²) in [5, 5.41) is 16.4. The average Bonchev–Trinajstić information content (AvgIpc) is 2.27. The molecule has 0 unspecified atom stereocenters. The number of hydrogen-bond acceptors (Lipinski definition) is 3. The molecule has 1 aromatic rings. The molecule has 0 saturated carbocycles. The molecule has 1 rings (SSSR count). The molecule has 0 aliphatic carbocycles. The van der Waals surface area contributed by atoms with E-state index in [1.807, 2.05) is 6.92 Å². The van der Waals surface area contributed by atoms with Gasteiger partial charge in [0, 0.05) is 17.8 Å². The van der Waals surface area contributed by atoms with Crippen LogP contribution in [-0.4, -0.2) is 37.1 Å². The van der Waals surface area contributed by atoms with Gasteiger partial charge in [-0.1, -0.05) is 6.07 Å². The summed E-state index contributed by atoms with van der Waals surface area (Å²) in [7, 11) is 0. The van der Waals surface area contributed by atoms with Crippen LogP contribution in [0.5, 0.6) is 0 Å². The fourth-order valence-electron chi connectivity index (χ4n) is 1.73. The van der Waals surface area contributed by atoms with Crippen molar-refractivity contribution >= 4 is 11.5 Å². The minimum absolute atomic E-state index is 0.0775. The molecule has 0 amide bonds. The lowest BCUT2D eigenvalue weighted by molar-refractivity contribution is 0.153. The number of nitrogen functional groups attached to an aromatic ring is 1. The molecule has 0 aliphatic heterocycles. The Labute approximate surface area is 105 Å². The highest BCUT2D eigenvalue weighted by molar-refractivity contribution is 6.00. The van der Waals surface area contributed by atoms with Crippen molar-refractivity contribution in [3.63, 3.8) is 0 Å². The van der Waals surface area contributed by atoms with E-state index < -0.39 is 13.0 Å². The highest BCUT2D eigenvalue weighted by Gasteiger charge is 2.17. The van der Waals surface area contributed by atoms with Crippen molar-refractivity contribution in [2.45, 2.75) is 13.3 Å². The van der Waals surface area contributed by atoms with Crippen molar-refractivity contribution in [1.29, 1.82) is 5.41 Å². The Kier molecular flexibility index (Phi) is 5.03. The number of amidine groups is 1. The van der Waals surface area contributed by atoms with Crippen LogP contribution in [0.25, 0.3) is 0 Å². The fraction of sp³-hybridized carbons (Fsp3) is 0.417. The van der Waals surface area contributed by atoms with E-state index in [1.54, 1.807) is 18.2 Å². The predicted molar refractivity (Wildman–Crippen MR) is 67.5 cm³/mol. The van der Waals surface area contributed by atoms with Crippen LogP contribution in [0.3, 0.4) is 0 Å². The number of nitrogens with zero attached hydrogens (tertiary/aromatic N) is 1. The Balaban J connectivity index is 3.15. The van der Waals surface area contributed by atoms with Gasteiger partial charge in [-0.15, -0.1) is 0 Å². The lowest BCUT2D eigenvalue weighted by Crippen LogP contribution is -2.33.